The molecule has 1 saturated carbocycles. The van der Waals surface area contributed by atoms with Gasteiger partial charge in [-0.3, -0.25) is 4.79 Å². The van der Waals surface area contributed by atoms with Gasteiger partial charge in [0, 0.05) is 18.4 Å². The Hall–Kier alpha value is -1.14. The maximum Gasteiger partial charge on any atom is 0.248 e. The van der Waals surface area contributed by atoms with Crippen molar-refractivity contribution >= 4 is 18.3 Å². The molecule has 2 rings (SSSR count). The first-order valence-electron chi connectivity index (χ1n) is 7.45. The summed E-state index contributed by atoms with van der Waals surface area (Å²) in [4.78, 5) is 16.2. The maximum absolute atomic E-state index is 11.8. The van der Waals surface area contributed by atoms with Gasteiger partial charge in [0.05, 0.1) is 0 Å². The van der Waals surface area contributed by atoms with E-state index in [0.29, 0.717) is 18.4 Å². The summed E-state index contributed by atoms with van der Waals surface area (Å²) >= 11 is 0. The van der Waals surface area contributed by atoms with Crippen LogP contribution < -0.4 is 11.1 Å². The largest absolute Gasteiger partial charge is 0.344 e. The van der Waals surface area contributed by atoms with Gasteiger partial charge in [0.1, 0.15) is 6.04 Å². The number of carbonyl (C=O) groups excluding carboxylic acids is 1. The van der Waals surface area contributed by atoms with Crippen LogP contribution in [-0.2, 0) is 4.79 Å². The molecule has 1 heterocycles. The monoisotopic (exact) mass is 316 g/mol. The Balaban J connectivity index is 0.00000220. The number of hydrogen-bond acceptors (Lipinski definition) is 5. The van der Waals surface area contributed by atoms with Crippen LogP contribution in [0, 0.1) is 5.92 Å². The van der Waals surface area contributed by atoms with Crippen molar-refractivity contribution in [3.05, 3.63) is 11.7 Å². The smallest absolute Gasteiger partial charge is 0.248 e. The summed E-state index contributed by atoms with van der Waals surface area (Å²) in [5.74, 6) is 1.37. The molecule has 1 aromatic heterocycles. The van der Waals surface area contributed by atoms with E-state index in [0.717, 1.165) is 18.7 Å². The van der Waals surface area contributed by atoms with E-state index in [1.807, 2.05) is 6.92 Å². The van der Waals surface area contributed by atoms with Gasteiger partial charge in [-0.1, -0.05) is 31.3 Å². The number of nitrogens with two attached hydrogens (primary N) is 1. The summed E-state index contributed by atoms with van der Waals surface area (Å²) in [6, 6.07) is -0.277. The number of halogens is 1. The molecule has 2 atom stereocenters. The van der Waals surface area contributed by atoms with Crippen LogP contribution >= 0.6 is 12.4 Å². The van der Waals surface area contributed by atoms with Crippen LogP contribution in [0.4, 0.5) is 0 Å². The average Bonchev–Trinajstić information content (AvgIpc) is 2.97. The van der Waals surface area contributed by atoms with Gasteiger partial charge in [0.15, 0.2) is 5.82 Å². The van der Waals surface area contributed by atoms with Gasteiger partial charge in [-0.15, -0.1) is 12.4 Å². The lowest BCUT2D eigenvalue weighted by Gasteiger charge is -2.17. The summed E-state index contributed by atoms with van der Waals surface area (Å²) in [7, 11) is 0. The summed E-state index contributed by atoms with van der Waals surface area (Å²) in [6.07, 6.45) is 6.02. The van der Waals surface area contributed by atoms with Gasteiger partial charge in [-0.2, -0.15) is 4.98 Å². The molecule has 21 heavy (non-hydrogen) atoms. The summed E-state index contributed by atoms with van der Waals surface area (Å²) in [5, 5.41) is 6.92. The summed E-state index contributed by atoms with van der Waals surface area (Å²) in [5.41, 5.74) is 5.48. The number of hydrogen-bond donors (Lipinski definition) is 2. The fourth-order valence-corrected chi connectivity index (χ4v) is 2.47. The molecule has 0 bridgehead atoms. The zero-order valence-corrected chi connectivity index (χ0v) is 13.5. The predicted octanol–water partition coefficient (Wildman–Crippen LogP) is 2.31. The van der Waals surface area contributed by atoms with Crippen LogP contribution in [0.2, 0.25) is 0 Å². The van der Waals surface area contributed by atoms with E-state index in [1.165, 1.54) is 19.3 Å². The first kappa shape index (κ1) is 17.9. The third-order valence-electron chi connectivity index (χ3n) is 3.96. The van der Waals surface area contributed by atoms with E-state index in [1.54, 1.807) is 6.92 Å². The highest BCUT2D eigenvalue weighted by atomic mass is 35.5. The van der Waals surface area contributed by atoms with E-state index in [2.05, 4.69) is 15.5 Å². The SMILES string of the molecule is CC(CN)C(=O)NC(C)c1nc(C2CCCCC2)no1.Cl. The molecule has 0 spiro atoms. The van der Waals surface area contributed by atoms with Crippen molar-refractivity contribution in [3.63, 3.8) is 0 Å². The van der Waals surface area contributed by atoms with Crippen molar-refractivity contribution in [2.75, 3.05) is 6.54 Å². The molecule has 1 aliphatic rings. The molecule has 0 aliphatic heterocycles. The number of rotatable bonds is 5. The van der Waals surface area contributed by atoms with Gasteiger partial charge in [-0.25, -0.2) is 0 Å². The van der Waals surface area contributed by atoms with Crippen LogP contribution in [0.3, 0.4) is 0 Å². The van der Waals surface area contributed by atoms with E-state index in [4.69, 9.17) is 10.3 Å². The second-order valence-electron chi connectivity index (χ2n) is 5.69. The number of nitrogens with zero attached hydrogens (tertiary/aromatic N) is 2. The Bertz CT molecular complexity index is 446. The minimum absolute atomic E-state index is 0. The predicted molar refractivity (Wildman–Crippen MR) is 82.1 cm³/mol. The lowest BCUT2D eigenvalue weighted by atomic mass is 9.89. The maximum atomic E-state index is 11.8. The van der Waals surface area contributed by atoms with E-state index in [-0.39, 0.29) is 30.3 Å². The van der Waals surface area contributed by atoms with E-state index in [9.17, 15) is 4.79 Å². The van der Waals surface area contributed by atoms with Gasteiger partial charge >= 0.3 is 0 Å². The molecule has 3 N–H and O–H groups in total. The Labute approximate surface area is 131 Å². The molecule has 7 heteroatoms. The molecular formula is C14H25ClN4O2. The van der Waals surface area contributed by atoms with Crippen molar-refractivity contribution in [2.24, 2.45) is 11.7 Å². The van der Waals surface area contributed by atoms with Gasteiger partial charge in [0.2, 0.25) is 11.8 Å². The minimum atomic E-state index is -0.277. The minimum Gasteiger partial charge on any atom is -0.344 e. The normalized spacial score (nSPS) is 18.6. The van der Waals surface area contributed by atoms with Gasteiger partial charge in [-0.05, 0) is 19.8 Å². The Morgan fingerprint density at radius 3 is 2.67 bits per heavy atom. The Morgan fingerprint density at radius 1 is 1.38 bits per heavy atom. The summed E-state index contributed by atoms with van der Waals surface area (Å²) < 4.78 is 5.29. The van der Waals surface area contributed by atoms with Crippen LogP contribution in [0.5, 0.6) is 0 Å². The van der Waals surface area contributed by atoms with Crippen molar-refractivity contribution < 1.29 is 9.32 Å². The molecule has 1 aliphatic carbocycles. The Kier molecular flexibility index (Phi) is 7.11. The third-order valence-corrected chi connectivity index (χ3v) is 3.96. The molecular weight excluding hydrogens is 292 g/mol. The second kappa shape index (κ2) is 8.34. The quantitative estimate of drug-likeness (QED) is 0.869. The van der Waals surface area contributed by atoms with Gasteiger partial charge in [0.25, 0.3) is 0 Å². The third kappa shape index (κ3) is 4.68. The zero-order valence-electron chi connectivity index (χ0n) is 12.7. The first-order chi connectivity index (χ1) is 9.61. The molecule has 6 nitrogen and oxygen atoms in total. The molecule has 120 valence electrons. The molecule has 1 amide bonds. The lowest BCUT2D eigenvalue weighted by Crippen LogP contribution is -2.35. The number of carbonyl (C=O) groups is 1. The molecule has 2 unspecified atom stereocenters. The highest BCUT2D eigenvalue weighted by Crippen LogP contribution is 2.31. The van der Waals surface area contributed by atoms with E-state index >= 15 is 0 Å². The topological polar surface area (TPSA) is 94.0 Å². The standard InChI is InChI=1S/C14H24N4O2.ClH/c1-9(8-15)13(19)16-10(2)14-17-12(18-20-14)11-6-4-3-5-7-11;/h9-11H,3-8,15H2,1-2H3,(H,16,19);1H. The number of amides is 1. The van der Waals surface area contributed by atoms with Crippen molar-refractivity contribution in [1.29, 1.82) is 0 Å². The molecule has 0 aromatic carbocycles. The molecule has 0 radical (unpaired) electrons. The van der Waals surface area contributed by atoms with Crippen LogP contribution in [-0.4, -0.2) is 22.6 Å². The highest BCUT2D eigenvalue weighted by Gasteiger charge is 2.24. The number of nitrogens with one attached hydrogen (secondary N) is 1. The first-order valence-corrected chi connectivity index (χ1v) is 7.45. The van der Waals surface area contributed by atoms with Crippen molar-refractivity contribution in [3.8, 4) is 0 Å². The molecule has 1 fully saturated rings. The highest BCUT2D eigenvalue weighted by molar-refractivity contribution is 5.85. The van der Waals surface area contributed by atoms with E-state index < -0.39 is 0 Å². The summed E-state index contributed by atoms with van der Waals surface area (Å²) in [6.45, 7) is 3.97. The van der Waals surface area contributed by atoms with Crippen LogP contribution in [0.25, 0.3) is 0 Å². The molecule has 1 aromatic rings. The van der Waals surface area contributed by atoms with Gasteiger partial charge < -0.3 is 15.6 Å². The fourth-order valence-electron chi connectivity index (χ4n) is 2.47. The van der Waals surface area contributed by atoms with Crippen molar-refractivity contribution in [1.82, 2.24) is 15.5 Å². The average molecular weight is 317 g/mol. The second-order valence-corrected chi connectivity index (χ2v) is 5.69. The fraction of sp³-hybridized carbons (Fsp3) is 0.786. The van der Waals surface area contributed by atoms with Crippen LogP contribution in [0.1, 0.15) is 69.6 Å². The molecule has 0 saturated heterocycles. The lowest BCUT2D eigenvalue weighted by molar-refractivity contribution is -0.125. The van der Waals surface area contributed by atoms with Crippen molar-refractivity contribution in [2.45, 2.75) is 57.9 Å². The van der Waals surface area contributed by atoms with Crippen LogP contribution in [0.15, 0.2) is 4.52 Å². The number of aromatic nitrogens is 2. The zero-order chi connectivity index (χ0) is 14.5. The Morgan fingerprint density at radius 2 is 2.05 bits per heavy atom.